The number of methoxy groups -OCH3 is 1. The summed E-state index contributed by atoms with van der Waals surface area (Å²) >= 11 is 1.20. The highest BCUT2D eigenvalue weighted by Gasteiger charge is 2.20. The van der Waals surface area contributed by atoms with Gasteiger partial charge in [-0.2, -0.15) is 4.37 Å². The molecule has 1 heterocycles. The molecule has 0 aliphatic carbocycles. The molecule has 0 saturated heterocycles. The van der Waals surface area contributed by atoms with E-state index in [2.05, 4.69) is 9.36 Å². The molecule has 2 N–H and O–H groups in total. The summed E-state index contributed by atoms with van der Waals surface area (Å²) in [7, 11) is -0.880. The molecule has 2 aromatic rings. The molecule has 0 saturated carbocycles. The van der Waals surface area contributed by atoms with Gasteiger partial charge in [0.1, 0.15) is 12.1 Å². The number of hydrogen-bond donors (Lipinski definition) is 1. The zero-order chi connectivity index (χ0) is 13.3. The van der Waals surface area contributed by atoms with E-state index in [-0.39, 0.29) is 0 Å². The van der Waals surface area contributed by atoms with Crippen LogP contribution >= 0.6 is 18.7 Å². The Bertz CT molecular complexity index is 621. The molecule has 18 heavy (non-hydrogen) atoms. The zero-order valence-corrected chi connectivity index (χ0v) is 12.1. The number of ether oxygens (including phenoxy) is 1. The van der Waals surface area contributed by atoms with Crippen LogP contribution in [0.25, 0.3) is 10.6 Å². The number of nitrogens with zero attached hydrogens (tertiary/aromatic N) is 2. The first-order chi connectivity index (χ1) is 8.43. The molecule has 2 rings (SSSR count). The quantitative estimate of drug-likeness (QED) is 0.689. The highest BCUT2D eigenvalue weighted by atomic mass is 32.1. The fourth-order valence-corrected chi connectivity index (χ4v) is 3.41. The summed E-state index contributed by atoms with van der Waals surface area (Å²) in [6.07, 6.45) is 0. The number of nitrogen functional groups attached to an aromatic ring is 1. The lowest BCUT2D eigenvalue weighted by Crippen LogP contribution is -2.06. The first kappa shape index (κ1) is 13.1. The average molecular weight is 283 g/mol. The van der Waals surface area contributed by atoms with Gasteiger partial charge in [-0.1, -0.05) is 6.07 Å². The van der Waals surface area contributed by atoms with Crippen LogP contribution in [0.15, 0.2) is 18.2 Å². The van der Waals surface area contributed by atoms with Gasteiger partial charge in [0.25, 0.3) is 0 Å². The van der Waals surface area contributed by atoms with Crippen LogP contribution in [0.5, 0.6) is 5.75 Å². The van der Waals surface area contributed by atoms with Crippen molar-refractivity contribution in [2.75, 3.05) is 26.2 Å². The minimum absolute atomic E-state index is 0.395. The molecule has 0 amide bonds. The minimum Gasteiger partial charge on any atom is -0.494 e. The van der Waals surface area contributed by atoms with Crippen LogP contribution in [-0.2, 0) is 4.57 Å². The predicted octanol–water partition coefficient (Wildman–Crippen LogP) is 2.04. The van der Waals surface area contributed by atoms with Crippen molar-refractivity contribution in [3.05, 3.63) is 18.2 Å². The van der Waals surface area contributed by atoms with Crippen molar-refractivity contribution in [3.8, 4) is 16.3 Å². The van der Waals surface area contributed by atoms with Crippen LogP contribution in [0, 0.1) is 0 Å². The summed E-state index contributed by atoms with van der Waals surface area (Å²) in [5.41, 5.74) is 7.55. The molecule has 0 spiro atoms. The van der Waals surface area contributed by atoms with Crippen molar-refractivity contribution in [1.29, 1.82) is 0 Å². The molecule has 1 aromatic carbocycles. The molecular weight excluding hydrogens is 269 g/mol. The van der Waals surface area contributed by atoms with Gasteiger partial charge in [0.15, 0.2) is 5.75 Å². The number of benzene rings is 1. The first-order valence-electron chi connectivity index (χ1n) is 5.25. The topological polar surface area (TPSA) is 78.1 Å². The summed E-state index contributed by atoms with van der Waals surface area (Å²) in [5, 5.41) is 0.665. The Labute approximate surface area is 110 Å². The van der Waals surface area contributed by atoms with Gasteiger partial charge >= 0.3 is 0 Å². The highest BCUT2D eigenvalue weighted by molar-refractivity contribution is 7.69. The van der Waals surface area contributed by atoms with E-state index in [0.717, 1.165) is 5.56 Å². The Morgan fingerprint density at radius 1 is 1.39 bits per heavy atom. The molecule has 0 bridgehead atoms. The van der Waals surface area contributed by atoms with E-state index in [4.69, 9.17) is 10.5 Å². The van der Waals surface area contributed by atoms with E-state index in [1.807, 2.05) is 12.1 Å². The number of anilines is 1. The third-order valence-electron chi connectivity index (χ3n) is 2.38. The number of nitrogens with two attached hydrogens (primary N) is 1. The maximum atomic E-state index is 11.9. The molecule has 0 aliphatic rings. The molecule has 0 fully saturated rings. The summed E-state index contributed by atoms with van der Waals surface area (Å²) in [4.78, 5) is 4.31. The van der Waals surface area contributed by atoms with Crippen molar-refractivity contribution < 1.29 is 9.30 Å². The molecule has 0 unspecified atom stereocenters. The van der Waals surface area contributed by atoms with E-state index < -0.39 is 7.14 Å². The summed E-state index contributed by atoms with van der Waals surface area (Å²) in [6.45, 7) is 3.30. The Morgan fingerprint density at radius 3 is 2.67 bits per heavy atom. The lowest BCUT2D eigenvalue weighted by atomic mass is 10.2. The van der Waals surface area contributed by atoms with Crippen molar-refractivity contribution in [2.45, 2.75) is 0 Å². The van der Waals surface area contributed by atoms with Gasteiger partial charge in [-0.3, -0.25) is 0 Å². The molecule has 0 aliphatic heterocycles. The lowest BCUT2D eigenvalue weighted by Gasteiger charge is -2.08. The van der Waals surface area contributed by atoms with Crippen LogP contribution in [0.4, 0.5) is 5.69 Å². The number of hydrogen-bond acceptors (Lipinski definition) is 6. The Kier molecular flexibility index (Phi) is 3.41. The van der Waals surface area contributed by atoms with Gasteiger partial charge < -0.3 is 15.0 Å². The highest BCUT2D eigenvalue weighted by Crippen LogP contribution is 2.38. The van der Waals surface area contributed by atoms with E-state index >= 15 is 0 Å². The molecule has 7 heteroatoms. The predicted molar refractivity (Wildman–Crippen MR) is 75.4 cm³/mol. The fourth-order valence-electron chi connectivity index (χ4n) is 1.49. The summed E-state index contributed by atoms with van der Waals surface area (Å²) in [6, 6.07) is 5.44. The lowest BCUT2D eigenvalue weighted by molar-refractivity contribution is 0.418. The van der Waals surface area contributed by atoms with Crippen molar-refractivity contribution in [1.82, 2.24) is 9.36 Å². The van der Waals surface area contributed by atoms with Crippen molar-refractivity contribution in [2.24, 2.45) is 0 Å². The molecule has 5 nitrogen and oxygen atoms in total. The smallest absolute Gasteiger partial charge is 0.201 e. The third-order valence-corrected chi connectivity index (χ3v) is 4.42. The second-order valence-corrected chi connectivity index (χ2v) is 8.03. The Morgan fingerprint density at radius 2 is 2.11 bits per heavy atom. The molecule has 1 aromatic heterocycles. The molecule has 0 radical (unpaired) electrons. The fraction of sp³-hybridized carbons (Fsp3) is 0.273. The second kappa shape index (κ2) is 4.71. The monoisotopic (exact) mass is 283 g/mol. The summed E-state index contributed by atoms with van der Waals surface area (Å²) < 4.78 is 21.3. The van der Waals surface area contributed by atoms with Gasteiger partial charge in [-0.15, -0.1) is 0 Å². The molecule has 0 atom stereocenters. The van der Waals surface area contributed by atoms with Gasteiger partial charge in [-0.05, 0) is 37.0 Å². The maximum absolute atomic E-state index is 11.9. The van der Waals surface area contributed by atoms with Crippen LogP contribution in [-0.4, -0.2) is 29.8 Å². The van der Waals surface area contributed by atoms with Crippen LogP contribution < -0.4 is 16.0 Å². The average Bonchev–Trinajstić information content (AvgIpc) is 2.77. The Balaban J connectivity index is 2.53. The zero-order valence-electron chi connectivity index (χ0n) is 10.4. The standard InChI is InChI=1S/C11H14N3O2PS/c1-16-9-7(5-4-6-8(9)12)10-13-11(14-18-10)17(2,3)15/h4-6H,12H2,1-3H3. The van der Waals surface area contributed by atoms with E-state index in [0.29, 0.717) is 22.0 Å². The van der Waals surface area contributed by atoms with E-state index in [9.17, 15) is 4.57 Å². The van der Waals surface area contributed by atoms with Crippen molar-refractivity contribution in [3.63, 3.8) is 0 Å². The SMILES string of the molecule is COc1c(N)cccc1-c1nc(P(C)(C)=O)ns1. The maximum Gasteiger partial charge on any atom is 0.201 e. The van der Waals surface area contributed by atoms with E-state index in [1.165, 1.54) is 11.5 Å². The van der Waals surface area contributed by atoms with Crippen LogP contribution in [0.1, 0.15) is 0 Å². The second-order valence-electron chi connectivity index (χ2n) is 4.18. The van der Waals surface area contributed by atoms with Gasteiger partial charge in [0.05, 0.1) is 18.4 Å². The normalized spacial score (nSPS) is 11.5. The molecular formula is C11H14N3O2PS. The van der Waals surface area contributed by atoms with Gasteiger partial charge in [0.2, 0.25) is 5.57 Å². The Hall–Kier alpha value is -1.39. The number of aromatic nitrogens is 2. The number of para-hydroxylation sites is 1. The van der Waals surface area contributed by atoms with Crippen LogP contribution in [0.2, 0.25) is 0 Å². The molecule has 96 valence electrons. The van der Waals surface area contributed by atoms with Crippen LogP contribution in [0.3, 0.4) is 0 Å². The number of rotatable bonds is 3. The van der Waals surface area contributed by atoms with Gasteiger partial charge in [0, 0.05) is 0 Å². The third kappa shape index (κ3) is 2.40. The largest absolute Gasteiger partial charge is 0.494 e. The minimum atomic E-state index is -2.44. The first-order valence-corrected chi connectivity index (χ1v) is 8.63. The summed E-state index contributed by atoms with van der Waals surface area (Å²) in [5.74, 6) is 0.572. The van der Waals surface area contributed by atoms with E-state index in [1.54, 1.807) is 26.5 Å². The van der Waals surface area contributed by atoms with Crippen molar-refractivity contribution >= 4 is 29.9 Å². The van der Waals surface area contributed by atoms with Gasteiger partial charge in [-0.25, -0.2) is 4.98 Å².